The van der Waals surface area contributed by atoms with Crippen molar-refractivity contribution in [1.29, 1.82) is 0 Å². The van der Waals surface area contributed by atoms with Crippen LogP contribution in [0.3, 0.4) is 0 Å². The number of carboxylic acid groups (broad SMARTS) is 1. The molecule has 21 heavy (non-hydrogen) atoms. The van der Waals surface area contributed by atoms with Crippen LogP contribution in [0, 0.1) is 0 Å². The zero-order valence-corrected chi connectivity index (χ0v) is 12.6. The fourth-order valence-corrected chi connectivity index (χ4v) is 2.93. The minimum absolute atomic E-state index is 0.158. The Hall–Kier alpha value is -1.94. The molecule has 2 aromatic rings. The van der Waals surface area contributed by atoms with Crippen molar-refractivity contribution in [2.75, 3.05) is 23.7 Å². The molecule has 0 bridgehead atoms. The van der Waals surface area contributed by atoms with E-state index >= 15 is 0 Å². The van der Waals surface area contributed by atoms with Gasteiger partial charge in [-0.25, -0.2) is 0 Å². The maximum absolute atomic E-state index is 10.8. The molecule has 0 saturated heterocycles. The van der Waals surface area contributed by atoms with Crippen molar-refractivity contribution in [1.82, 2.24) is 0 Å². The lowest BCUT2D eigenvalue weighted by Crippen LogP contribution is -2.28. The number of rotatable bonds is 8. The van der Waals surface area contributed by atoms with Gasteiger partial charge >= 0.3 is 5.97 Å². The summed E-state index contributed by atoms with van der Waals surface area (Å²) < 4.78 is 0. The van der Waals surface area contributed by atoms with E-state index in [0.717, 1.165) is 18.0 Å². The number of para-hydroxylation sites is 1. The Labute approximate surface area is 129 Å². The van der Waals surface area contributed by atoms with Gasteiger partial charge in [0.25, 0.3) is 0 Å². The van der Waals surface area contributed by atoms with E-state index in [0.29, 0.717) is 6.54 Å². The number of benzene rings is 2. The molecule has 0 aromatic heterocycles. The van der Waals surface area contributed by atoms with E-state index in [1.807, 2.05) is 48.5 Å². The van der Waals surface area contributed by atoms with Gasteiger partial charge in [-0.2, -0.15) is 0 Å². The molecule has 0 atom stereocenters. The van der Waals surface area contributed by atoms with Gasteiger partial charge in [0, 0.05) is 29.4 Å². The van der Waals surface area contributed by atoms with Crippen LogP contribution in [0.5, 0.6) is 0 Å². The lowest BCUT2D eigenvalue weighted by molar-refractivity contribution is -0.136. The highest BCUT2D eigenvalue weighted by Crippen LogP contribution is 2.19. The summed E-state index contributed by atoms with van der Waals surface area (Å²) in [5.74, 6) is 0.171. The maximum Gasteiger partial charge on any atom is 0.305 e. The third-order valence-corrected chi connectivity index (χ3v) is 4.08. The summed E-state index contributed by atoms with van der Waals surface area (Å²) in [5.41, 5.74) is 1.08. The molecule has 3 nitrogen and oxygen atoms in total. The van der Waals surface area contributed by atoms with Crippen molar-refractivity contribution in [3.63, 3.8) is 0 Å². The van der Waals surface area contributed by atoms with Crippen LogP contribution < -0.4 is 4.90 Å². The zero-order valence-electron chi connectivity index (χ0n) is 11.8. The molecule has 4 heteroatoms. The number of carbonyl (C=O) groups is 1. The normalized spacial score (nSPS) is 10.3. The Morgan fingerprint density at radius 3 is 2.19 bits per heavy atom. The van der Waals surface area contributed by atoms with E-state index in [1.54, 1.807) is 11.8 Å². The van der Waals surface area contributed by atoms with Gasteiger partial charge in [-0.05, 0) is 24.3 Å². The van der Waals surface area contributed by atoms with Crippen LogP contribution in [0.2, 0.25) is 0 Å². The van der Waals surface area contributed by atoms with Crippen LogP contribution in [0.15, 0.2) is 65.6 Å². The van der Waals surface area contributed by atoms with Crippen molar-refractivity contribution in [2.24, 2.45) is 0 Å². The fourth-order valence-electron chi connectivity index (χ4n) is 2.03. The van der Waals surface area contributed by atoms with Crippen LogP contribution in [-0.4, -0.2) is 29.9 Å². The average molecular weight is 301 g/mol. The lowest BCUT2D eigenvalue weighted by Gasteiger charge is -2.24. The lowest BCUT2D eigenvalue weighted by atomic mass is 10.2. The molecule has 0 aliphatic carbocycles. The highest BCUT2D eigenvalue weighted by atomic mass is 32.2. The van der Waals surface area contributed by atoms with Gasteiger partial charge in [0.05, 0.1) is 6.42 Å². The molecule has 0 heterocycles. The Bertz CT molecular complexity index is 545. The number of aliphatic carboxylic acids is 1. The number of anilines is 1. The third kappa shape index (κ3) is 5.52. The Balaban J connectivity index is 1.91. The standard InChI is InChI=1S/C17H19NO2S/c19-17(20)11-12-18(15-7-3-1-4-8-15)13-14-21-16-9-5-2-6-10-16/h1-10H,11-14H2,(H,19,20). The average Bonchev–Trinajstić information content (AvgIpc) is 2.52. The molecule has 0 aliphatic heterocycles. The Morgan fingerprint density at radius 2 is 1.57 bits per heavy atom. The molecular formula is C17H19NO2S. The predicted octanol–water partition coefficient (Wildman–Crippen LogP) is 3.76. The largest absolute Gasteiger partial charge is 0.481 e. The first kappa shape index (κ1) is 15.4. The monoisotopic (exact) mass is 301 g/mol. The Morgan fingerprint density at radius 1 is 0.952 bits per heavy atom. The highest BCUT2D eigenvalue weighted by Gasteiger charge is 2.08. The molecule has 0 radical (unpaired) electrons. The topological polar surface area (TPSA) is 40.5 Å². The molecule has 2 rings (SSSR count). The van der Waals surface area contributed by atoms with Crippen LogP contribution in [0.4, 0.5) is 5.69 Å². The summed E-state index contributed by atoms with van der Waals surface area (Å²) in [7, 11) is 0. The van der Waals surface area contributed by atoms with Crippen LogP contribution >= 0.6 is 11.8 Å². The van der Waals surface area contributed by atoms with Gasteiger partial charge in [-0.15, -0.1) is 11.8 Å². The summed E-state index contributed by atoms with van der Waals surface area (Å²) >= 11 is 1.79. The molecule has 0 saturated carbocycles. The number of carboxylic acids is 1. The minimum atomic E-state index is -0.758. The minimum Gasteiger partial charge on any atom is -0.481 e. The molecule has 2 aromatic carbocycles. The second-order valence-corrected chi connectivity index (χ2v) is 5.80. The molecule has 110 valence electrons. The summed E-state index contributed by atoms with van der Waals surface area (Å²) in [6, 6.07) is 20.2. The summed E-state index contributed by atoms with van der Waals surface area (Å²) in [6.07, 6.45) is 0.158. The second kappa shape index (κ2) is 8.37. The molecule has 1 N–H and O–H groups in total. The maximum atomic E-state index is 10.8. The van der Waals surface area contributed by atoms with Crippen LogP contribution in [0.25, 0.3) is 0 Å². The highest BCUT2D eigenvalue weighted by molar-refractivity contribution is 7.99. The molecule has 0 spiro atoms. The smallest absolute Gasteiger partial charge is 0.305 e. The van der Waals surface area contributed by atoms with Gasteiger partial charge in [-0.3, -0.25) is 4.79 Å². The van der Waals surface area contributed by atoms with Crippen molar-refractivity contribution in [2.45, 2.75) is 11.3 Å². The summed E-state index contributed by atoms with van der Waals surface area (Å²) in [6.45, 7) is 1.37. The molecule has 0 amide bonds. The van der Waals surface area contributed by atoms with E-state index in [9.17, 15) is 4.79 Å². The summed E-state index contributed by atoms with van der Waals surface area (Å²) in [4.78, 5) is 14.2. The third-order valence-electron chi connectivity index (χ3n) is 3.09. The van der Waals surface area contributed by atoms with Gasteiger partial charge < -0.3 is 10.0 Å². The molecule has 0 aliphatic rings. The number of hydrogen-bond donors (Lipinski definition) is 1. The van der Waals surface area contributed by atoms with Gasteiger partial charge in [0.15, 0.2) is 0 Å². The Kier molecular flexibility index (Phi) is 6.16. The summed E-state index contributed by atoms with van der Waals surface area (Å²) in [5, 5.41) is 8.88. The van der Waals surface area contributed by atoms with Crippen LogP contribution in [0.1, 0.15) is 6.42 Å². The van der Waals surface area contributed by atoms with Gasteiger partial charge in [0.2, 0.25) is 0 Å². The van der Waals surface area contributed by atoms with E-state index in [4.69, 9.17) is 5.11 Å². The predicted molar refractivity (Wildman–Crippen MR) is 88.1 cm³/mol. The first-order chi connectivity index (χ1) is 10.3. The van der Waals surface area contributed by atoms with E-state index < -0.39 is 5.97 Å². The SMILES string of the molecule is O=C(O)CCN(CCSc1ccccc1)c1ccccc1. The van der Waals surface area contributed by atoms with Crippen molar-refractivity contribution in [3.8, 4) is 0 Å². The van der Waals surface area contributed by atoms with Crippen molar-refractivity contribution < 1.29 is 9.90 Å². The zero-order chi connectivity index (χ0) is 14.9. The molecule has 0 fully saturated rings. The fraction of sp³-hybridized carbons (Fsp3) is 0.235. The van der Waals surface area contributed by atoms with Gasteiger partial charge in [-0.1, -0.05) is 36.4 Å². The van der Waals surface area contributed by atoms with E-state index in [2.05, 4.69) is 17.0 Å². The van der Waals surface area contributed by atoms with Crippen molar-refractivity contribution >= 4 is 23.4 Å². The van der Waals surface area contributed by atoms with Crippen molar-refractivity contribution in [3.05, 3.63) is 60.7 Å². The number of thioether (sulfide) groups is 1. The first-order valence-corrected chi connectivity index (χ1v) is 7.94. The number of nitrogens with zero attached hydrogens (tertiary/aromatic N) is 1. The number of hydrogen-bond acceptors (Lipinski definition) is 3. The van der Waals surface area contributed by atoms with Gasteiger partial charge in [0.1, 0.15) is 0 Å². The van der Waals surface area contributed by atoms with Crippen LogP contribution in [-0.2, 0) is 4.79 Å². The van der Waals surface area contributed by atoms with E-state index in [1.165, 1.54) is 4.90 Å². The van der Waals surface area contributed by atoms with E-state index in [-0.39, 0.29) is 6.42 Å². The first-order valence-electron chi connectivity index (χ1n) is 6.95. The quantitative estimate of drug-likeness (QED) is 0.754. The molecule has 0 unspecified atom stereocenters. The second-order valence-electron chi connectivity index (χ2n) is 4.63. The molecular weight excluding hydrogens is 282 g/mol.